The van der Waals surface area contributed by atoms with Gasteiger partial charge in [0.2, 0.25) is 0 Å². The first kappa shape index (κ1) is 11.0. The molecule has 0 amide bonds. The molecular weight excluding hydrogens is 222 g/mol. The number of hydrogen-bond acceptors (Lipinski definition) is 5. The van der Waals surface area contributed by atoms with Gasteiger partial charge >= 0.3 is 0 Å². The third-order valence-electron chi connectivity index (χ3n) is 2.36. The third-order valence-corrected chi connectivity index (χ3v) is 3.38. The first-order valence-corrected chi connectivity index (χ1v) is 5.85. The molecule has 0 fully saturated rings. The zero-order chi connectivity index (χ0) is 11.5. The van der Waals surface area contributed by atoms with Gasteiger partial charge in [0.25, 0.3) is 0 Å². The average molecular weight is 235 g/mol. The van der Waals surface area contributed by atoms with Gasteiger partial charge in [0.15, 0.2) is 0 Å². The smallest absolute Gasteiger partial charge is 0.148 e. The predicted molar refractivity (Wildman–Crippen MR) is 64.5 cm³/mol. The van der Waals surface area contributed by atoms with E-state index in [2.05, 4.69) is 10.2 Å². The largest absolute Gasteiger partial charge is 0.508 e. The van der Waals surface area contributed by atoms with Crippen LogP contribution in [-0.4, -0.2) is 21.8 Å². The van der Waals surface area contributed by atoms with Crippen molar-refractivity contribution in [3.8, 4) is 16.3 Å². The Bertz CT molecular complexity index is 496. The van der Waals surface area contributed by atoms with Gasteiger partial charge in [-0.25, -0.2) is 0 Å². The summed E-state index contributed by atoms with van der Waals surface area (Å²) in [7, 11) is 0. The van der Waals surface area contributed by atoms with E-state index in [1.165, 1.54) is 11.3 Å². The van der Waals surface area contributed by atoms with Crippen molar-refractivity contribution in [1.29, 1.82) is 0 Å². The quantitative estimate of drug-likeness (QED) is 0.849. The zero-order valence-electron chi connectivity index (χ0n) is 8.97. The molecule has 0 atom stereocenters. The molecular formula is C11H13N3OS. The fraction of sp³-hybridized carbons (Fsp3) is 0.273. The van der Waals surface area contributed by atoms with Crippen molar-refractivity contribution < 1.29 is 5.11 Å². The fourth-order valence-electron chi connectivity index (χ4n) is 1.44. The van der Waals surface area contributed by atoms with Gasteiger partial charge in [-0.2, -0.15) is 0 Å². The van der Waals surface area contributed by atoms with Crippen molar-refractivity contribution in [1.82, 2.24) is 10.2 Å². The summed E-state index contributed by atoms with van der Waals surface area (Å²) < 4.78 is 0. The van der Waals surface area contributed by atoms with E-state index in [0.29, 0.717) is 6.54 Å². The second-order valence-corrected chi connectivity index (χ2v) is 4.55. The van der Waals surface area contributed by atoms with Gasteiger partial charge in [-0.1, -0.05) is 23.5 Å². The van der Waals surface area contributed by atoms with Gasteiger partial charge < -0.3 is 10.8 Å². The van der Waals surface area contributed by atoms with Crippen LogP contribution in [-0.2, 0) is 6.42 Å². The molecule has 84 valence electrons. The number of aromatic nitrogens is 2. The second kappa shape index (κ2) is 4.59. The van der Waals surface area contributed by atoms with Crippen LogP contribution >= 0.6 is 11.3 Å². The van der Waals surface area contributed by atoms with E-state index in [4.69, 9.17) is 5.73 Å². The molecule has 0 bridgehead atoms. The Morgan fingerprint density at radius 3 is 2.94 bits per heavy atom. The number of aromatic hydroxyl groups is 1. The van der Waals surface area contributed by atoms with Crippen LogP contribution in [0.4, 0.5) is 0 Å². The first-order valence-electron chi connectivity index (χ1n) is 5.03. The molecule has 16 heavy (non-hydrogen) atoms. The van der Waals surface area contributed by atoms with Crippen LogP contribution in [0.3, 0.4) is 0 Å². The Morgan fingerprint density at radius 2 is 2.19 bits per heavy atom. The minimum absolute atomic E-state index is 0.285. The molecule has 0 saturated carbocycles. The summed E-state index contributed by atoms with van der Waals surface area (Å²) in [5, 5.41) is 19.5. The number of phenolic OH excluding ortho intramolecular Hbond substituents is 1. The van der Waals surface area contributed by atoms with Crippen LogP contribution in [0.2, 0.25) is 0 Å². The van der Waals surface area contributed by atoms with Gasteiger partial charge in [0.05, 0.1) is 0 Å². The molecule has 0 aliphatic rings. The maximum atomic E-state index is 9.61. The molecule has 2 aromatic rings. The van der Waals surface area contributed by atoms with E-state index in [1.54, 1.807) is 6.07 Å². The lowest BCUT2D eigenvalue weighted by molar-refractivity contribution is 0.471. The first-order chi connectivity index (χ1) is 7.72. The average Bonchev–Trinajstić information content (AvgIpc) is 2.71. The van der Waals surface area contributed by atoms with Gasteiger partial charge in [0.1, 0.15) is 15.8 Å². The van der Waals surface area contributed by atoms with Crippen LogP contribution in [0, 0.1) is 6.92 Å². The summed E-state index contributed by atoms with van der Waals surface area (Å²) in [4.78, 5) is 0. The normalized spacial score (nSPS) is 10.6. The molecule has 1 aromatic heterocycles. The number of nitrogens with two attached hydrogens (primary N) is 1. The fourth-order valence-corrected chi connectivity index (χ4v) is 2.38. The van der Waals surface area contributed by atoms with Crippen molar-refractivity contribution >= 4 is 11.3 Å². The Labute approximate surface area is 97.8 Å². The third kappa shape index (κ3) is 2.05. The standard InChI is InChI=1S/C11H13N3OS/c1-7-8(3-2-4-9(7)15)11-14-13-10(16-11)5-6-12/h2-4,15H,5-6,12H2,1H3. The molecule has 5 heteroatoms. The minimum Gasteiger partial charge on any atom is -0.508 e. The van der Waals surface area contributed by atoms with Crippen LogP contribution < -0.4 is 5.73 Å². The Balaban J connectivity index is 2.39. The summed E-state index contributed by atoms with van der Waals surface area (Å²) in [6.45, 7) is 2.45. The molecule has 0 unspecified atom stereocenters. The Hall–Kier alpha value is -1.46. The van der Waals surface area contributed by atoms with Gasteiger partial charge in [0, 0.05) is 17.5 Å². The number of rotatable bonds is 3. The van der Waals surface area contributed by atoms with Crippen molar-refractivity contribution in [2.45, 2.75) is 13.3 Å². The lowest BCUT2D eigenvalue weighted by Crippen LogP contribution is -2.01. The van der Waals surface area contributed by atoms with Crippen molar-refractivity contribution in [3.63, 3.8) is 0 Å². The lowest BCUT2D eigenvalue weighted by atomic mass is 10.1. The van der Waals surface area contributed by atoms with E-state index in [0.717, 1.165) is 27.6 Å². The van der Waals surface area contributed by atoms with Gasteiger partial charge in [-0.3, -0.25) is 0 Å². The highest BCUT2D eigenvalue weighted by atomic mass is 32.1. The molecule has 4 nitrogen and oxygen atoms in total. The predicted octanol–water partition coefficient (Wildman–Crippen LogP) is 1.72. The maximum absolute atomic E-state index is 9.61. The van der Waals surface area contributed by atoms with Crippen molar-refractivity contribution in [2.75, 3.05) is 6.54 Å². The summed E-state index contributed by atoms with van der Waals surface area (Å²) in [5.41, 5.74) is 7.22. The molecule has 0 saturated heterocycles. The number of phenols is 1. The highest BCUT2D eigenvalue weighted by Crippen LogP contribution is 2.30. The monoisotopic (exact) mass is 235 g/mol. The topological polar surface area (TPSA) is 72.0 Å². The summed E-state index contributed by atoms with van der Waals surface area (Å²) in [5.74, 6) is 0.285. The zero-order valence-corrected chi connectivity index (χ0v) is 9.79. The molecule has 0 aliphatic carbocycles. The summed E-state index contributed by atoms with van der Waals surface area (Å²) in [6.07, 6.45) is 0.746. The molecule has 0 radical (unpaired) electrons. The number of nitrogens with zero attached hydrogens (tertiary/aromatic N) is 2. The minimum atomic E-state index is 0.285. The molecule has 3 N–H and O–H groups in total. The summed E-state index contributed by atoms with van der Waals surface area (Å²) in [6, 6.07) is 5.41. The van der Waals surface area contributed by atoms with Crippen LogP contribution in [0.15, 0.2) is 18.2 Å². The maximum Gasteiger partial charge on any atom is 0.148 e. The van der Waals surface area contributed by atoms with E-state index in [-0.39, 0.29) is 5.75 Å². The van der Waals surface area contributed by atoms with Gasteiger partial charge in [-0.15, -0.1) is 10.2 Å². The number of hydrogen-bond donors (Lipinski definition) is 2. The SMILES string of the molecule is Cc1c(O)cccc1-c1nnc(CCN)s1. The highest BCUT2D eigenvalue weighted by Gasteiger charge is 2.10. The van der Waals surface area contributed by atoms with E-state index in [9.17, 15) is 5.11 Å². The molecule has 1 aromatic carbocycles. The van der Waals surface area contributed by atoms with Crippen molar-refractivity contribution in [3.05, 3.63) is 28.8 Å². The number of benzene rings is 1. The Morgan fingerprint density at radius 1 is 1.38 bits per heavy atom. The molecule has 0 aliphatic heterocycles. The van der Waals surface area contributed by atoms with E-state index in [1.807, 2.05) is 19.1 Å². The molecule has 1 heterocycles. The van der Waals surface area contributed by atoms with Gasteiger partial charge in [-0.05, 0) is 19.5 Å². The van der Waals surface area contributed by atoms with E-state index < -0.39 is 0 Å². The Kier molecular flexibility index (Phi) is 3.17. The lowest BCUT2D eigenvalue weighted by Gasteiger charge is -2.02. The van der Waals surface area contributed by atoms with E-state index >= 15 is 0 Å². The second-order valence-electron chi connectivity index (χ2n) is 3.49. The molecule has 0 spiro atoms. The van der Waals surface area contributed by atoms with Crippen LogP contribution in [0.5, 0.6) is 5.75 Å². The van der Waals surface area contributed by atoms with Crippen LogP contribution in [0.25, 0.3) is 10.6 Å². The summed E-state index contributed by atoms with van der Waals surface area (Å²) >= 11 is 1.52. The molecule has 2 rings (SSSR count). The highest BCUT2D eigenvalue weighted by molar-refractivity contribution is 7.14. The van der Waals surface area contributed by atoms with Crippen LogP contribution in [0.1, 0.15) is 10.6 Å². The van der Waals surface area contributed by atoms with Crippen molar-refractivity contribution in [2.24, 2.45) is 5.73 Å².